The van der Waals surface area contributed by atoms with Crippen molar-refractivity contribution in [1.82, 2.24) is 5.32 Å². The van der Waals surface area contributed by atoms with Gasteiger partial charge in [-0.1, -0.05) is 19.3 Å². The first-order valence-electron chi connectivity index (χ1n) is 6.82. The van der Waals surface area contributed by atoms with Crippen molar-refractivity contribution in [2.45, 2.75) is 44.6 Å². The zero-order valence-electron chi connectivity index (χ0n) is 11.4. The molecule has 0 aromatic carbocycles. The van der Waals surface area contributed by atoms with E-state index in [1.807, 2.05) is 11.4 Å². The van der Waals surface area contributed by atoms with Gasteiger partial charge in [-0.2, -0.15) is 0 Å². The summed E-state index contributed by atoms with van der Waals surface area (Å²) in [6, 6.07) is 1.83. The highest BCUT2D eigenvalue weighted by molar-refractivity contribution is 9.10. The molecule has 1 amide bonds. The number of hydrogen-bond donors (Lipinski definition) is 1. The average molecular weight is 360 g/mol. The molecule has 0 radical (unpaired) electrons. The molecule has 2 rings (SSSR count). The first-order valence-corrected chi connectivity index (χ1v) is 8.49. The van der Waals surface area contributed by atoms with Crippen LogP contribution in [0, 0.1) is 0 Å². The van der Waals surface area contributed by atoms with E-state index in [9.17, 15) is 9.59 Å². The van der Waals surface area contributed by atoms with Gasteiger partial charge in [0.15, 0.2) is 0 Å². The maximum absolute atomic E-state index is 12.4. The maximum Gasteiger partial charge on any atom is 0.331 e. The lowest BCUT2D eigenvalue weighted by molar-refractivity contribution is -0.152. The summed E-state index contributed by atoms with van der Waals surface area (Å²) in [6.07, 6.45) is 4.27. The highest BCUT2D eigenvalue weighted by atomic mass is 79.9. The quantitative estimate of drug-likeness (QED) is 0.836. The third kappa shape index (κ3) is 3.23. The molecule has 0 atom stereocenters. The van der Waals surface area contributed by atoms with Crippen molar-refractivity contribution in [2.24, 2.45) is 0 Å². The summed E-state index contributed by atoms with van der Waals surface area (Å²) in [7, 11) is 0. The normalized spacial score (nSPS) is 17.5. The summed E-state index contributed by atoms with van der Waals surface area (Å²) in [4.78, 5) is 25.2. The van der Waals surface area contributed by atoms with E-state index >= 15 is 0 Å². The minimum atomic E-state index is -0.852. The molecule has 1 saturated carbocycles. The van der Waals surface area contributed by atoms with Crippen molar-refractivity contribution in [3.8, 4) is 0 Å². The fourth-order valence-corrected chi connectivity index (χ4v) is 3.98. The zero-order chi connectivity index (χ0) is 14.6. The molecule has 0 saturated heterocycles. The fraction of sp³-hybridized carbons (Fsp3) is 0.571. The van der Waals surface area contributed by atoms with E-state index in [1.54, 1.807) is 6.92 Å². The Morgan fingerprint density at radius 2 is 2.10 bits per heavy atom. The average Bonchev–Trinajstić information content (AvgIpc) is 2.86. The van der Waals surface area contributed by atoms with Crippen LogP contribution in [0.5, 0.6) is 0 Å². The summed E-state index contributed by atoms with van der Waals surface area (Å²) in [5.74, 6) is -0.512. The van der Waals surface area contributed by atoms with Gasteiger partial charge in [0.05, 0.1) is 6.61 Å². The summed E-state index contributed by atoms with van der Waals surface area (Å²) < 4.78 is 5.93. The second-order valence-electron chi connectivity index (χ2n) is 4.92. The first kappa shape index (κ1) is 15.5. The van der Waals surface area contributed by atoms with Gasteiger partial charge in [-0.3, -0.25) is 4.79 Å². The van der Waals surface area contributed by atoms with Gasteiger partial charge >= 0.3 is 5.97 Å². The van der Waals surface area contributed by atoms with Crippen molar-refractivity contribution in [3.63, 3.8) is 0 Å². The molecular formula is C14H18BrNO3S. The van der Waals surface area contributed by atoms with Crippen LogP contribution in [-0.2, 0) is 9.53 Å². The standard InChI is InChI=1S/C14H18BrNO3S/c1-2-19-13(18)14(7-4-3-5-8-14)16-12(17)11-10(15)6-9-20-11/h6,9H,2-5,7-8H2,1H3,(H,16,17). The van der Waals surface area contributed by atoms with Crippen molar-refractivity contribution >= 4 is 39.1 Å². The number of carbonyl (C=O) groups is 2. The molecule has 110 valence electrons. The molecule has 6 heteroatoms. The number of rotatable bonds is 4. The third-order valence-corrected chi connectivity index (χ3v) is 5.39. The molecule has 1 N–H and O–H groups in total. The summed E-state index contributed by atoms with van der Waals surface area (Å²) in [5, 5.41) is 4.77. The van der Waals surface area contributed by atoms with Crippen LogP contribution in [0.25, 0.3) is 0 Å². The van der Waals surface area contributed by atoms with Gasteiger partial charge < -0.3 is 10.1 Å². The maximum atomic E-state index is 12.4. The van der Waals surface area contributed by atoms with Crippen LogP contribution >= 0.6 is 27.3 Å². The first-order chi connectivity index (χ1) is 9.59. The van der Waals surface area contributed by atoms with Crippen LogP contribution in [0.1, 0.15) is 48.7 Å². The molecule has 4 nitrogen and oxygen atoms in total. The Bertz CT molecular complexity index is 494. The van der Waals surface area contributed by atoms with Gasteiger partial charge in [0.25, 0.3) is 5.91 Å². The lowest BCUT2D eigenvalue weighted by Gasteiger charge is -2.35. The van der Waals surface area contributed by atoms with Crippen molar-refractivity contribution < 1.29 is 14.3 Å². The van der Waals surface area contributed by atoms with Gasteiger partial charge in [-0.15, -0.1) is 11.3 Å². The molecule has 1 fully saturated rings. The molecule has 0 bridgehead atoms. The summed E-state index contributed by atoms with van der Waals surface area (Å²) in [5.41, 5.74) is -0.852. The van der Waals surface area contributed by atoms with E-state index in [-0.39, 0.29) is 11.9 Å². The van der Waals surface area contributed by atoms with Crippen LogP contribution in [0.4, 0.5) is 0 Å². The van der Waals surface area contributed by atoms with Crippen molar-refractivity contribution in [1.29, 1.82) is 0 Å². The molecule has 0 spiro atoms. The minimum absolute atomic E-state index is 0.207. The number of amides is 1. The monoisotopic (exact) mass is 359 g/mol. The molecule has 1 aromatic heterocycles. The van der Waals surface area contributed by atoms with E-state index < -0.39 is 5.54 Å². The molecule has 1 aliphatic rings. The Hall–Kier alpha value is -0.880. The van der Waals surface area contributed by atoms with Gasteiger partial charge in [0, 0.05) is 4.47 Å². The Balaban J connectivity index is 2.17. The molecule has 1 heterocycles. The smallest absolute Gasteiger partial charge is 0.331 e. The Morgan fingerprint density at radius 3 is 2.65 bits per heavy atom. The Labute approximate surface area is 131 Å². The largest absolute Gasteiger partial charge is 0.464 e. The lowest BCUT2D eigenvalue weighted by atomic mass is 9.81. The third-order valence-electron chi connectivity index (χ3n) is 3.55. The van der Waals surface area contributed by atoms with Gasteiger partial charge in [0.2, 0.25) is 0 Å². The number of halogens is 1. The van der Waals surface area contributed by atoms with Crippen LogP contribution < -0.4 is 5.32 Å². The predicted octanol–water partition coefficient (Wildman–Crippen LogP) is 3.51. The van der Waals surface area contributed by atoms with Gasteiger partial charge in [-0.05, 0) is 47.1 Å². The highest BCUT2D eigenvalue weighted by Gasteiger charge is 2.42. The lowest BCUT2D eigenvalue weighted by Crippen LogP contribution is -2.56. The Kier molecular flexibility index (Phi) is 5.21. The summed E-state index contributed by atoms with van der Waals surface area (Å²) >= 11 is 4.71. The number of esters is 1. The minimum Gasteiger partial charge on any atom is -0.464 e. The molecule has 1 aromatic rings. The molecule has 0 aliphatic heterocycles. The number of carbonyl (C=O) groups excluding carboxylic acids is 2. The van der Waals surface area contributed by atoms with Crippen LogP contribution in [0.2, 0.25) is 0 Å². The van der Waals surface area contributed by atoms with Crippen LogP contribution in [0.3, 0.4) is 0 Å². The number of thiophene rings is 1. The van der Waals surface area contributed by atoms with E-state index in [1.165, 1.54) is 11.3 Å². The van der Waals surface area contributed by atoms with Crippen LogP contribution in [0.15, 0.2) is 15.9 Å². The topological polar surface area (TPSA) is 55.4 Å². The number of ether oxygens (including phenoxy) is 1. The molecule has 0 unspecified atom stereocenters. The van der Waals surface area contributed by atoms with E-state index in [0.717, 1.165) is 23.7 Å². The number of nitrogens with one attached hydrogen (secondary N) is 1. The predicted molar refractivity (Wildman–Crippen MR) is 81.9 cm³/mol. The van der Waals surface area contributed by atoms with E-state index in [0.29, 0.717) is 24.3 Å². The zero-order valence-corrected chi connectivity index (χ0v) is 13.8. The highest BCUT2D eigenvalue weighted by Crippen LogP contribution is 2.31. The summed E-state index contributed by atoms with van der Waals surface area (Å²) in [6.45, 7) is 2.12. The van der Waals surface area contributed by atoms with Gasteiger partial charge in [-0.25, -0.2) is 4.79 Å². The SMILES string of the molecule is CCOC(=O)C1(NC(=O)c2sccc2Br)CCCCC1. The fourth-order valence-electron chi connectivity index (χ4n) is 2.53. The molecule has 1 aliphatic carbocycles. The molecular weight excluding hydrogens is 342 g/mol. The molecule has 20 heavy (non-hydrogen) atoms. The van der Waals surface area contributed by atoms with E-state index in [2.05, 4.69) is 21.2 Å². The van der Waals surface area contributed by atoms with Crippen LogP contribution in [-0.4, -0.2) is 24.0 Å². The van der Waals surface area contributed by atoms with Crippen molar-refractivity contribution in [3.05, 3.63) is 20.8 Å². The second kappa shape index (κ2) is 6.72. The van der Waals surface area contributed by atoms with Crippen molar-refractivity contribution in [2.75, 3.05) is 6.61 Å². The van der Waals surface area contributed by atoms with Gasteiger partial charge in [0.1, 0.15) is 10.4 Å². The second-order valence-corrected chi connectivity index (χ2v) is 6.69. The number of hydrogen-bond acceptors (Lipinski definition) is 4. The van der Waals surface area contributed by atoms with E-state index in [4.69, 9.17) is 4.74 Å². The Morgan fingerprint density at radius 1 is 1.40 bits per heavy atom.